The zero-order valence-electron chi connectivity index (χ0n) is 18.7. The molecule has 0 spiro atoms. The summed E-state index contributed by atoms with van der Waals surface area (Å²) in [5.74, 6) is -0.501. The van der Waals surface area contributed by atoms with E-state index in [2.05, 4.69) is 10.0 Å². The number of amides is 2. The normalized spacial score (nSPS) is 12.7. The van der Waals surface area contributed by atoms with Crippen LogP contribution in [0.3, 0.4) is 0 Å². The second-order valence-corrected chi connectivity index (χ2v) is 9.66. The lowest BCUT2D eigenvalue weighted by molar-refractivity contribution is -0.116. The Labute approximate surface area is 197 Å². The highest BCUT2D eigenvalue weighted by Crippen LogP contribution is 2.30. The van der Waals surface area contributed by atoms with E-state index in [1.54, 1.807) is 11.0 Å². The minimum atomic E-state index is -3.84. The zero-order chi connectivity index (χ0) is 24.5. The van der Waals surface area contributed by atoms with Crippen molar-refractivity contribution in [2.45, 2.75) is 25.2 Å². The van der Waals surface area contributed by atoms with Crippen molar-refractivity contribution in [2.75, 3.05) is 21.5 Å². The van der Waals surface area contributed by atoms with Crippen LogP contribution in [-0.4, -0.2) is 32.6 Å². The third-order valence-electron chi connectivity index (χ3n) is 5.58. The molecule has 3 aromatic carbocycles. The van der Waals surface area contributed by atoms with Crippen molar-refractivity contribution < 1.29 is 22.8 Å². The van der Waals surface area contributed by atoms with Gasteiger partial charge in [-0.3, -0.25) is 19.1 Å². The van der Waals surface area contributed by atoms with Crippen molar-refractivity contribution in [2.24, 2.45) is 0 Å². The first-order chi connectivity index (χ1) is 16.1. The molecule has 0 bridgehead atoms. The first kappa shape index (κ1) is 23.2. The number of fused-ring (bicyclic) bond motifs is 1. The maximum absolute atomic E-state index is 12.6. The van der Waals surface area contributed by atoms with Crippen LogP contribution in [0.25, 0.3) is 0 Å². The van der Waals surface area contributed by atoms with Gasteiger partial charge in [0, 0.05) is 41.7 Å². The Morgan fingerprint density at radius 1 is 0.824 bits per heavy atom. The van der Waals surface area contributed by atoms with E-state index in [0.29, 0.717) is 29.0 Å². The van der Waals surface area contributed by atoms with Gasteiger partial charge in [-0.25, -0.2) is 8.42 Å². The lowest BCUT2D eigenvalue weighted by atomic mass is 10.1. The quantitative estimate of drug-likeness (QED) is 0.524. The van der Waals surface area contributed by atoms with Gasteiger partial charge in [0.1, 0.15) is 0 Å². The van der Waals surface area contributed by atoms with Crippen LogP contribution < -0.4 is 14.9 Å². The molecule has 1 aliphatic heterocycles. The number of nitrogens with one attached hydrogen (secondary N) is 2. The van der Waals surface area contributed by atoms with Crippen LogP contribution in [0.2, 0.25) is 0 Å². The summed E-state index contributed by atoms with van der Waals surface area (Å²) in [5.41, 5.74) is 3.56. The van der Waals surface area contributed by atoms with Gasteiger partial charge in [0.05, 0.1) is 4.90 Å². The van der Waals surface area contributed by atoms with Gasteiger partial charge >= 0.3 is 0 Å². The number of anilines is 3. The monoisotopic (exact) mass is 477 g/mol. The summed E-state index contributed by atoms with van der Waals surface area (Å²) in [7, 11) is -3.84. The maximum atomic E-state index is 12.6. The van der Waals surface area contributed by atoms with Crippen LogP contribution in [-0.2, 0) is 21.2 Å². The van der Waals surface area contributed by atoms with Crippen molar-refractivity contribution in [1.82, 2.24) is 0 Å². The minimum absolute atomic E-state index is 0.0145. The third kappa shape index (κ3) is 4.84. The molecule has 1 heterocycles. The molecule has 174 valence electrons. The van der Waals surface area contributed by atoms with Crippen molar-refractivity contribution >= 4 is 44.7 Å². The van der Waals surface area contributed by atoms with Gasteiger partial charge in [-0.1, -0.05) is 12.1 Å². The van der Waals surface area contributed by atoms with Gasteiger partial charge in [-0.2, -0.15) is 0 Å². The van der Waals surface area contributed by atoms with Gasteiger partial charge in [-0.05, 0) is 73.5 Å². The number of benzene rings is 3. The smallest absolute Gasteiger partial charge is 0.261 e. The van der Waals surface area contributed by atoms with E-state index >= 15 is 0 Å². The summed E-state index contributed by atoms with van der Waals surface area (Å²) >= 11 is 0. The predicted octanol–water partition coefficient (Wildman–Crippen LogP) is 3.85. The molecule has 0 aliphatic carbocycles. The average Bonchev–Trinajstić information content (AvgIpc) is 3.23. The van der Waals surface area contributed by atoms with Crippen LogP contribution in [0.1, 0.15) is 40.1 Å². The molecule has 4 rings (SSSR count). The lowest BCUT2D eigenvalue weighted by Crippen LogP contribution is -2.25. The Balaban J connectivity index is 1.43. The summed E-state index contributed by atoms with van der Waals surface area (Å²) in [4.78, 5) is 37.4. The van der Waals surface area contributed by atoms with Crippen molar-refractivity contribution in [3.8, 4) is 0 Å². The molecular weight excluding hydrogens is 454 g/mol. The average molecular weight is 478 g/mol. The molecule has 0 radical (unpaired) electrons. The number of ketones is 1. The van der Waals surface area contributed by atoms with Crippen LogP contribution in [0, 0.1) is 0 Å². The van der Waals surface area contributed by atoms with Crippen LogP contribution >= 0.6 is 0 Å². The van der Waals surface area contributed by atoms with E-state index in [0.717, 1.165) is 17.7 Å². The predicted molar refractivity (Wildman–Crippen MR) is 130 cm³/mol. The van der Waals surface area contributed by atoms with E-state index < -0.39 is 10.0 Å². The molecule has 1 aliphatic rings. The Morgan fingerprint density at radius 2 is 1.44 bits per heavy atom. The number of carbonyl (C=O) groups excluding carboxylic acids is 3. The molecule has 0 saturated heterocycles. The summed E-state index contributed by atoms with van der Waals surface area (Å²) in [5, 5.41) is 2.83. The summed E-state index contributed by atoms with van der Waals surface area (Å²) < 4.78 is 27.7. The molecule has 3 aromatic rings. The van der Waals surface area contributed by atoms with Gasteiger partial charge in [0.25, 0.3) is 15.9 Å². The number of rotatable bonds is 6. The molecular formula is C25H23N3O5S. The fraction of sp³-hybridized carbons (Fsp3) is 0.160. The topological polar surface area (TPSA) is 113 Å². The highest BCUT2D eigenvalue weighted by Gasteiger charge is 2.22. The molecule has 2 N–H and O–H groups in total. The molecule has 0 atom stereocenters. The van der Waals surface area contributed by atoms with Gasteiger partial charge in [-0.15, -0.1) is 0 Å². The summed E-state index contributed by atoms with van der Waals surface area (Å²) in [6, 6.07) is 17.1. The first-order valence-corrected chi connectivity index (χ1v) is 12.1. The zero-order valence-corrected chi connectivity index (χ0v) is 19.5. The van der Waals surface area contributed by atoms with E-state index in [1.165, 1.54) is 62.4 Å². The third-order valence-corrected chi connectivity index (χ3v) is 6.98. The molecule has 0 aromatic heterocycles. The Kier molecular flexibility index (Phi) is 6.21. The second kappa shape index (κ2) is 9.11. The first-order valence-electron chi connectivity index (χ1n) is 10.6. The Bertz CT molecular complexity index is 1380. The van der Waals surface area contributed by atoms with Crippen LogP contribution in [0.5, 0.6) is 0 Å². The standard InChI is InChI=1S/C25H23N3O5S/c1-16(29)18-5-10-23(11-6-18)34(32,33)27-21-7-3-19(4-8-21)25(31)26-22-9-12-24-20(15-22)13-14-28(24)17(2)30/h3-12,15,27H,13-14H2,1-2H3,(H,26,31). The molecule has 0 saturated carbocycles. The van der Waals surface area contributed by atoms with Crippen LogP contribution in [0.4, 0.5) is 17.1 Å². The number of hydrogen-bond acceptors (Lipinski definition) is 5. The summed E-state index contributed by atoms with van der Waals surface area (Å²) in [6.07, 6.45) is 0.727. The molecule has 0 unspecified atom stereocenters. The number of nitrogens with zero attached hydrogens (tertiary/aromatic N) is 1. The SMILES string of the molecule is CC(=O)c1ccc(S(=O)(=O)Nc2ccc(C(=O)Nc3ccc4c(c3)CCN4C(C)=O)cc2)cc1. The van der Waals surface area contributed by atoms with Crippen molar-refractivity contribution in [3.63, 3.8) is 0 Å². The summed E-state index contributed by atoms with van der Waals surface area (Å²) in [6.45, 7) is 3.56. The van der Waals surface area contributed by atoms with Crippen LogP contribution in [0.15, 0.2) is 71.6 Å². The molecule has 34 heavy (non-hydrogen) atoms. The van der Waals surface area contributed by atoms with Gasteiger partial charge in [0.2, 0.25) is 5.91 Å². The fourth-order valence-electron chi connectivity index (χ4n) is 3.78. The fourth-order valence-corrected chi connectivity index (χ4v) is 4.84. The van der Waals surface area contributed by atoms with Crippen molar-refractivity contribution in [1.29, 1.82) is 0 Å². The van der Waals surface area contributed by atoms with Gasteiger partial charge in [0.15, 0.2) is 5.78 Å². The number of sulfonamides is 1. The lowest BCUT2D eigenvalue weighted by Gasteiger charge is -2.15. The Morgan fingerprint density at radius 3 is 2.06 bits per heavy atom. The Hall–Kier alpha value is -3.98. The second-order valence-electron chi connectivity index (χ2n) is 7.98. The molecule has 2 amide bonds. The maximum Gasteiger partial charge on any atom is 0.261 e. The molecule has 8 nitrogen and oxygen atoms in total. The molecule has 9 heteroatoms. The van der Waals surface area contributed by atoms with E-state index in [1.807, 2.05) is 12.1 Å². The largest absolute Gasteiger partial charge is 0.322 e. The molecule has 0 fully saturated rings. The number of hydrogen-bond donors (Lipinski definition) is 2. The van der Waals surface area contributed by atoms with Crippen molar-refractivity contribution in [3.05, 3.63) is 83.4 Å². The highest BCUT2D eigenvalue weighted by molar-refractivity contribution is 7.92. The van der Waals surface area contributed by atoms with E-state index in [9.17, 15) is 22.8 Å². The van der Waals surface area contributed by atoms with E-state index in [-0.39, 0.29) is 22.5 Å². The number of carbonyl (C=O) groups is 3. The number of Topliss-reactive ketones (excluding diaryl/α,β-unsaturated/α-hetero) is 1. The van der Waals surface area contributed by atoms with Gasteiger partial charge < -0.3 is 10.2 Å². The minimum Gasteiger partial charge on any atom is -0.322 e. The highest BCUT2D eigenvalue weighted by atomic mass is 32.2. The van der Waals surface area contributed by atoms with E-state index in [4.69, 9.17) is 0 Å².